The van der Waals surface area contributed by atoms with Gasteiger partial charge in [0, 0.05) is 40.3 Å². The molecule has 26 heavy (non-hydrogen) atoms. The minimum Gasteiger partial charge on any atom is -0.384 e. The summed E-state index contributed by atoms with van der Waals surface area (Å²) in [5.41, 5.74) is 0.809. The summed E-state index contributed by atoms with van der Waals surface area (Å²) >= 11 is 0. The quantitative estimate of drug-likeness (QED) is 0.725. The van der Waals surface area contributed by atoms with Gasteiger partial charge in [-0.1, -0.05) is 13.8 Å². The molecule has 4 aliphatic carbocycles. The second-order valence-electron chi connectivity index (χ2n) is 10.5. The van der Waals surface area contributed by atoms with Gasteiger partial charge in [-0.3, -0.25) is 4.79 Å². The van der Waals surface area contributed by atoms with Crippen molar-refractivity contribution >= 4 is 5.78 Å². The van der Waals surface area contributed by atoms with Crippen LogP contribution in [0, 0.1) is 46.3 Å². The van der Waals surface area contributed by atoms with Crippen molar-refractivity contribution in [2.45, 2.75) is 65.2 Å². The number of carbonyl (C=O) groups excluding carboxylic acids is 1. The van der Waals surface area contributed by atoms with Crippen LogP contribution in [0.4, 0.5) is 0 Å². The van der Waals surface area contributed by atoms with Crippen LogP contribution in [-0.4, -0.2) is 33.2 Å². The molecule has 4 rings (SSSR count). The van der Waals surface area contributed by atoms with E-state index in [-0.39, 0.29) is 0 Å². The molecule has 0 N–H and O–H groups in total. The first kappa shape index (κ1) is 18.9. The molecule has 0 aromatic heterocycles. The Bertz CT molecular complexity index is 546. The summed E-state index contributed by atoms with van der Waals surface area (Å²) in [6.07, 6.45) is 9.45. The van der Waals surface area contributed by atoms with Gasteiger partial charge in [-0.2, -0.15) is 0 Å². The Kier molecular flexibility index (Phi) is 5.01. The molecular weight excluding hydrogens is 324 g/mol. The van der Waals surface area contributed by atoms with Crippen molar-refractivity contribution in [3.8, 4) is 0 Å². The number of ketones is 1. The second kappa shape index (κ2) is 6.88. The van der Waals surface area contributed by atoms with Crippen molar-refractivity contribution in [3.63, 3.8) is 0 Å². The molecule has 8 atom stereocenters. The molecule has 0 spiro atoms. The summed E-state index contributed by atoms with van der Waals surface area (Å²) in [7, 11) is 3.70. The van der Waals surface area contributed by atoms with E-state index in [0.29, 0.717) is 28.4 Å². The summed E-state index contributed by atoms with van der Waals surface area (Å²) in [4.78, 5) is 12.3. The second-order valence-corrected chi connectivity index (χ2v) is 10.5. The molecule has 0 heterocycles. The SMILES string of the molecule is COCC1C[C@@H]2[C@@H](CC[C@]3(C)C(COC)CC[C@@H]23)[C@@]2(C)CCC(=O)CC12. The lowest BCUT2D eigenvalue weighted by Crippen LogP contribution is -2.57. The molecule has 4 fully saturated rings. The minimum absolute atomic E-state index is 0.348. The number of methoxy groups -OCH3 is 2. The first-order valence-corrected chi connectivity index (χ1v) is 10.9. The normalized spacial score (nSPS) is 50.8. The zero-order valence-corrected chi connectivity index (χ0v) is 17.3. The Labute approximate surface area is 159 Å². The van der Waals surface area contributed by atoms with Gasteiger partial charge in [0.15, 0.2) is 0 Å². The van der Waals surface area contributed by atoms with E-state index in [1.165, 1.54) is 32.1 Å². The maximum atomic E-state index is 12.3. The molecule has 4 aliphatic rings. The standard InChI is InChI=1S/C23H38O3/c1-22-10-8-20-18(19(22)6-5-16(22)14-26-4)11-15(13-25-3)21-12-17(24)7-9-23(20,21)2/h15-16,18-21H,5-14H2,1-4H3/t15?,16?,18-,19-,20+,21?,22+,23+/m0/s1. The van der Waals surface area contributed by atoms with Crippen LogP contribution in [0.3, 0.4) is 0 Å². The van der Waals surface area contributed by atoms with Crippen LogP contribution >= 0.6 is 0 Å². The van der Waals surface area contributed by atoms with Gasteiger partial charge >= 0.3 is 0 Å². The average Bonchev–Trinajstić information content (AvgIpc) is 2.94. The fourth-order valence-corrected chi connectivity index (χ4v) is 8.27. The van der Waals surface area contributed by atoms with Crippen LogP contribution in [-0.2, 0) is 14.3 Å². The van der Waals surface area contributed by atoms with Gasteiger partial charge in [0.25, 0.3) is 0 Å². The predicted octanol–water partition coefficient (Wildman–Crippen LogP) is 4.73. The first-order chi connectivity index (χ1) is 12.4. The number of rotatable bonds is 4. The van der Waals surface area contributed by atoms with E-state index in [0.717, 1.165) is 56.1 Å². The van der Waals surface area contributed by atoms with Crippen LogP contribution in [0.5, 0.6) is 0 Å². The molecule has 0 aromatic rings. The fraction of sp³-hybridized carbons (Fsp3) is 0.957. The fourth-order valence-electron chi connectivity index (χ4n) is 8.27. The lowest BCUT2D eigenvalue weighted by molar-refractivity contribution is -0.157. The van der Waals surface area contributed by atoms with E-state index in [4.69, 9.17) is 9.47 Å². The van der Waals surface area contributed by atoms with Gasteiger partial charge in [-0.15, -0.1) is 0 Å². The van der Waals surface area contributed by atoms with E-state index in [2.05, 4.69) is 13.8 Å². The zero-order chi connectivity index (χ0) is 18.5. The summed E-state index contributed by atoms with van der Waals surface area (Å²) < 4.78 is 11.3. The number of hydrogen-bond acceptors (Lipinski definition) is 3. The molecule has 0 saturated heterocycles. The lowest BCUT2D eigenvalue weighted by atomic mass is 9.43. The number of carbonyl (C=O) groups is 1. The highest BCUT2D eigenvalue weighted by Gasteiger charge is 2.61. The highest BCUT2D eigenvalue weighted by molar-refractivity contribution is 5.79. The number of ether oxygens (including phenoxy) is 2. The van der Waals surface area contributed by atoms with Crippen LogP contribution in [0.1, 0.15) is 65.2 Å². The minimum atomic E-state index is 0.348. The maximum absolute atomic E-state index is 12.3. The van der Waals surface area contributed by atoms with E-state index < -0.39 is 0 Å². The summed E-state index contributed by atoms with van der Waals surface area (Å²) in [5, 5.41) is 0. The van der Waals surface area contributed by atoms with Crippen molar-refractivity contribution in [3.05, 3.63) is 0 Å². The van der Waals surface area contributed by atoms with Crippen molar-refractivity contribution in [2.75, 3.05) is 27.4 Å². The molecule has 148 valence electrons. The molecule has 0 aliphatic heterocycles. The molecule has 3 unspecified atom stereocenters. The average molecular weight is 363 g/mol. The lowest BCUT2D eigenvalue weighted by Gasteiger charge is -2.62. The van der Waals surface area contributed by atoms with Crippen LogP contribution in [0.25, 0.3) is 0 Å². The molecular formula is C23H38O3. The van der Waals surface area contributed by atoms with Crippen LogP contribution < -0.4 is 0 Å². The smallest absolute Gasteiger partial charge is 0.133 e. The Hall–Kier alpha value is -0.410. The molecule has 3 nitrogen and oxygen atoms in total. The predicted molar refractivity (Wildman–Crippen MR) is 103 cm³/mol. The monoisotopic (exact) mass is 362 g/mol. The van der Waals surface area contributed by atoms with Gasteiger partial charge in [0.05, 0.1) is 0 Å². The van der Waals surface area contributed by atoms with E-state index in [1.54, 1.807) is 0 Å². The van der Waals surface area contributed by atoms with Crippen LogP contribution in [0.2, 0.25) is 0 Å². The molecule has 0 aromatic carbocycles. The summed E-state index contributed by atoms with van der Waals surface area (Å²) in [6, 6.07) is 0. The Balaban J connectivity index is 1.64. The zero-order valence-electron chi connectivity index (χ0n) is 17.3. The third-order valence-corrected chi connectivity index (χ3v) is 9.61. The van der Waals surface area contributed by atoms with Gasteiger partial charge < -0.3 is 9.47 Å². The van der Waals surface area contributed by atoms with Gasteiger partial charge in [-0.05, 0) is 84.9 Å². The Morgan fingerprint density at radius 1 is 0.923 bits per heavy atom. The van der Waals surface area contributed by atoms with Gasteiger partial charge in [-0.25, -0.2) is 0 Å². The maximum Gasteiger partial charge on any atom is 0.133 e. The molecule has 3 heteroatoms. The molecule has 0 amide bonds. The summed E-state index contributed by atoms with van der Waals surface area (Å²) in [5.74, 6) is 4.82. The molecule has 0 bridgehead atoms. The van der Waals surface area contributed by atoms with E-state index in [9.17, 15) is 4.79 Å². The highest BCUT2D eigenvalue weighted by atomic mass is 16.5. The van der Waals surface area contributed by atoms with Crippen molar-refractivity contribution in [1.82, 2.24) is 0 Å². The first-order valence-electron chi connectivity index (χ1n) is 10.9. The number of fused-ring (bicyclic) bond motifs is 5. The highest BCUT2D eigenvalue weighted by Crippen LogP contribution is 2.68. The van der Waals surface area contributed by atoms with E-state index >= 15 is 0 Å². The van der Waals surface area contributed by atoms with E-state index in [1.807, 2.05) is 14.2 Å². The van der Waals surface area contributed by atoms with Gasteiger partial charge in [0.1, 0.15) is 5.78 Å². The van der Waals surface area contributed by atoms with Crippen molar-refractivity contribution in [1.29, 1.82) is 0 Å². The number of hydrogen-bond donors (Lipinski definition) is 0. The Morgan fingerprint density at radius 2 is 1.65 bits per heavy atom. The molecule has 4 saturated carbocycles. The Morgan fingerprint density at radius 3 is 2.38 bits per heavy atom. The van der Waals surface area contributed by atoms with Crippen LogP contribution in [0.15, 0.2) is 0 Å². The summed E-state index contributed by atoms with van der Waals surface area (Å²) in [6.45, 7) is 6.87. The third kappa shape index (κ3) is 2.71. The van der Waals surface area contributed by atoms with Crippen molar-refractivity contribution < 1.29 is 14.3 Å². The molecule has 0 radical (unpaired) electrons. The van der Waals surface area contributed by atoms with Crippen molar-refractivity contribution in [2.24, 2.45) is 46.3 Å². The largest absolute Gasteiger partial charge is 0.384 e. The number of Topliss-reactive ketones (excluding diaryl/α,β-unsaturated/α-hetero) is 1. The topological polar surface area (TPSA) is 35.5 Å². The van der Waals surface area contributed by atoms with Gasteiger partial charge in [0.2, 0.25) is 0 Å². The third-order valence-electron chi connectivity index (χ3n) is 9.61.